The maximum atomic E-state index is 9.36. The first-order valence-corrected chi connectivity index (χ1v) is 14.4. The molecule has 7 rings (SSSR count). The quantitative estimate of drug-likeness (QED) is 0.527. The Labute approximate surface area is 226 Å². The normalized spacial score (nSPS) is 35.1. The zero-order chi connectivity index (χ0) is 26.1. The minimum Gasteiger partial charge on any atom is -0.493 e. The third kappa shape index (κ3) is 3.67. The van der Waals surface area contributed by atoms with Crippen molar-refractivity contribution in [2.24, 2.45) is 17.3 Å². The van der Waals surface area contributed by atoms with Gasteiger partial charge in [-0.3, -0.25) is 4.90 Å². The van der Waals surface area contributed by atoms with Gasteiger partial charge in [-0.1, -0.05) is 37.3 Å². The number of aliphatic hydroxyl groups is 1. The van der Waals surface area contributed by atoms with Crippen LogP contribution in [0, 0.1) is 17.3 Å². The van der Waals surface area contributed by atoms with Crippen LogP contribution < -0.4 is 9.47 Å². The van der Waals surface area contributed by atoms with Crippen molar-refractivity contribution in [2.75, 3.05) is 33.9 Å². The largest absolute Gasteiger partial charge is 0.493 e. The molecule has 204 valence electrons. The summed E-state index contributed by atoms with van der Waals surface area (Å²) in [4.78, 5) is 2.83. The van der Waals surface area contributed by atoms with E-state index in [2.05, 4.69) is 24.0 Å². The fourth-order valence-electron chi connectivity index (χ4n) is 8.56. The molecular formula is C32H41NO5. The molecule has 2 aliphatic heterocycles. The Morgan fingerprint density at radius 1 is 1.08 bits per heavy atom. The van der Waals surface area contributed by atoms with Crippen molar-refractivity contribution in [3.8, 4) is 11.5 Å². The van der Waals surface area contributed by atoms with E-state index in [0.717, 1.165) is 54.4 Å². The molecule has 2 saturated carbocycles. The van der Waals surface area contributed by atoms with Gasteiger partial charge in [0.25, 0.3) is 0 Å². The summed E-state index contributed by atoms with van der Waals surface area (Å²) in [5, 5.41) is 9.36. The van der Waals surface area contributed by atoms with Crippen LogP contribution in [0.1, 0.15) is 54.9 Å². The number of piperidine rings is 1. The Morgan fingerprint density at radius 3 is 2.58 bits per heavy atom. The topological polar surface area (TPSA) is 60.4 Å². The lowest BCUT2D eigenvalue weighted by molar-refractivity contribution is -0.189. The smallest absolute Gasteiger partial charge is 0.165 e. The average Bonchev–Trinajstić information content (AvgIpc) is 3.68. The molecule has 6 heteroatoms. The van der Waals surface area contributed by atoms with E-state index in [0.29, 0.717) is 25.2 Å². The zero-order valence-corrected chi connectivity index (χ0v) is 22.9. The van der Waals surface area contributed by atoms with Gasteiger partial charge in [0.2, 0.25) is 0 Å². The van der Waals surface area contributed by atoms with Crippen LogP contribution in [0.25, 0.3) is 0 Å². The number of likely N-dealkylation sites (tertiary alicyclic amines) is 1. The summed E-state index contributed by atoms with van der Waals surface area (Å²) >= 11 is 0. The lowest BCUT2D eigenvalue weighted by atomic mass is 9.47. The van der Waals surface area contributed by atoms with Crippen LogP contribution in [0.4, 0.5) is 0 Å². The van der Waals surface area contributed by atoms with Crippen LogP contribution >= 0.6 is 0 Å². The predicted molar refractivity (Wildman–Crippen MR) is 145 cm³/mol. The van der Waals surface area contributed by atoms with Crippen molar-refractivity contribution in [3.63, 3.8) is 0 Å². The average molecular weight is 520 g/mol. The number of aliphatic hydroxyl groups excluding tert-OH is 1. The molecule has 3 aliphatic carbocycles. The van der Waals surface area contributed by atoms with Crippen LogP contribution in [-0.2, 0) is 34.5 Å². The number of methoxy groups -OCH3 is 2. The van der Waals surface area contributed by atoms with E-state index < -0.39 is 0 Å². The molecule has 1 N–H and O–H groups in total. The minimum atomic E-state index is -0.174. The molecule has 0 amide bonds. The molecule has 5 aliphatic rings. The van der Waals surface area contributed by atoms with E-state index in [1.165, 1.54) is 30.5 Å². The van der Waals surface area contributed by atoms with Crippen molar-refractivity contribution in [1.29, 1.82) is 0 Å². The van der Waals surface area contributed by atoms with Gasteiger partial charge in [0, 0.05) is 36.1 Å². The number of hydrogen-bond acceptors (Lipinski definition) is 6. The van der Waals surface area contributed by atoms with E-state index in [-0.39, 0.29) is 29.6 Å². The SMILES string of the molecule is COc1ccc2c3c1OC1C(OC)C(C)(COCc4ccc(CO)cc4)CC4C(C2)N(CC2CC2)CCC341. The monoisotopic (exact) mass is 519 g/mol. The van der Waals surface area contributed by atoms with Crippen molar-refractivity contribution >= 4 is 0 Å². The van der Waals surface area contributed by atoms with Gasteiger partial charge in [0.15, 0.2) is 11.5 Å². The van der Waals surface area contributed by atoms with Gasteiger partial charge in [0.05, 0.1) is 26.9 Å². The molecule has 2 aromatic carbocycles. The Balaban J connectivity index is 1.22. The molecule has 0 aromatic heterocycles. The molecule has 3 fully saturated rings. The van der Waals surface area contributed by atoms with Gasteiger partial charge in [-0.05, 0) is 73.2 Å². The fourth-order valence-corrected chi connectivity index (χ4v) is 8.56. The lowest BCUT2D eigenvalue weighted by Crippen LogP contribution is -2.71. The second-order valence-electron chi connectivity index (χ2n) is 12.8. The van der Waals surface area contributed by atoms with Gasteiger partial charge in [-0.15, -0.1) is 0 Å². The maximum absolute atomic E-state index is 9.36. The van der Waals surface area contributed by atoms with Crippen LogP contribution in [0.3, 0.4) is 0 Å². The second kappa shape index (κ2) is 9.22. The van der Waals surface area contributed by atoms with Crippen molar-refractivity contribution in [3.05, 3.63) is 58.7 Å². The highest BCUT2D eigenvalue weighted by Crippen LogP contribution is 2.67. The van der Waals surface area contributed by atoms with E-state index >= 15 is 0 Å². The molecule has 6 unspecified atom stereocenters. The molecule has 2 heterocycles. The highest BCUT2D eigenvalue weighted by molar-refractivity contribution is 5.61. The van der Waals surface area contributed by atoms with Gasteiger partial charge in [-0.25, -0.2) is 0 Å². The number of rotatable bonds is 9. The first-order valence-electron chi connectivity index (χ1n) is 14.4. The summed E-state index contributed by atoms with van der Waals surface area (Å²) in [7, 11) is 3.60. The molecule has 2 bridgehead atoms. The van der Waals surface area contributed by atoms with Crippen molar-refractivity contribution in [1.82, 2.24) is 4.90 Å². The number of benzene rings is 2. The first kappa shape index (κ1) is 24.9. The minimum absolute atomic E-state index is 0.0253. The predicted octanol–water partition coefficient (Wildman–Crippen LogP) is 4.48. The van der Waals surface area contributed by atoms with Crippen LogP contribution in [-0.4, -0.2) is 62.2 Å². The van der Waals surface area contributed by atoms with Crippen molar-refractivity contribution < 1.29 is 24.1 Å². The molecule has 0 radical (unpaired) electrons. The lowest BCUT2D eigenvalue weighted by Gasteiger charge is -2.63. The Hall–Kier alpha value is -2.12. The summed E-state index contributed by atoms with van der Waals surface area (Å²) in [6, 6.07) is 13.0. The second-order valence-corrected chi connectivity index (χ2v) is 12.8. The summed E-state index contributed by atoms with van der Waals surface area (Å²) in [6.45, 7) is 5.97. The molecule has 6 nitrogen and oxygen atoms in total. The standard InChI is InChI=1S/C32H41NO5/c1-31(19-37-18-22-8-6-21(17-34)7-9-22)15-24-25-14-23-10-11-26(35-2)28-27(23)32(24,30(38-28)29(31)36-3)12-13-33(25)16-20-4-5-20/h6-11,20,24-25,29-30,34H,4-5,12-19H2,1-3H3. The Kier molecular flexibility index (Phi) is 6.04. The summed E-state index contributed by atoms with van der Waals surface area (Å²) in [5.74, 6) is 3.20. The van der Waals surface area contributed by atoms with Crippen LogP contribution in [0.15, 0.2) is 36.4 Å². The summed E-state index contributed by atoms with van der Waals surface area (Å²) < 4.78 is 25.6. The Morgan fingerprint density at radius 2 is 1.87 bits per heavy atom. The molecule has 38 heavy (non-hydrogen) atoms. The van der Waals surface area contributed by atoms with Gasteiger partial charge in [-0.2, -0.15) is 0 Å². The summed E-state index contributed by atoms with van der Waals surface area (Å²) in [5.41, 5.74) is 4.71. The number of nitrogens with zero attached hydrogens (tertiary/aromatic N) is 1. The van der Waals surface area contributed by atoms with Gasteiger partial charge < -0.3 is 24.1 Å². The van der Waals surface area contributed by atoms with Crippen LogP contribution in [0.5, 0.6) is 11.5 Å². The maximum Gasteiger partial charge on any atom is 0.165 e. The van der Waals surface area contributed by atoms with Crippen LogP contribution in [0.2, 0.25) is 0 Å². The summed E-state index contributed by atoms with van der Waals surface area (Å²) in [6.07, 6.45) is 5.93. The molecule has 2 aromatic rings. The zero-order valence-electron chi connectivity index (χ0n) is 22.9. The van der Waals surface area contributed by atoms with E-state index in [1.807, 2.05) is 31.4 Å². The third-order valence-corrected chi connectivity index (χ3v) is 10.5. The van der Waals surface area contributed by atoms with E-state index in [1.54, 1.807) is 7.11 Å². The number of ether oxygens (including phenoxy) is 4. The van der Waals surface area contributed by atoms with Gasteiger partial charge in [0.1, 0.15) is 12.2 Å². The fraction of sp³-hybridized carbons (Fsp3) is 0.625. The third-order valence-electron chi connectivity index (χ3n) is 10.5. The molecule has 6 atom stereocenters. The highest BCUT2D eigenvalue weighted by Gasteiger charge is 2.70. The highest BCUT2D eigenvalue weighted by atomic mass is 16.6. The molecule has 1 saturated heterocycles. The van der Waals surface area contributed by atoms with E-state index in [9.17, 15) is 5.11 Å². The number of hydrogen-bond donors (Lipinski definition) is 1. The van der Waals surface area contributed by atoms with E-state index in [4.69, 9.17) is 18.9 Å². The molecule has 1 spiro atoms. The molecular weight excluding hydrogens is 478 g/mol. The van der Waals surface area contributed by atoms with Gasteiger partial charge >= 0.3 is 0 Å². The first-order chi connectivity index (χ1) is 18.5. The van der Waals surface area contributed by atoms with Crippen molar-refractivity contribution in [2.45, 2.75) is 75.9 Å². The Bertz CT molecular complexity index is 1200.